The first kappa shape index (κ1) is 12.3. The predicted octanol–water partition coefficient (Wildman–Crippen LogP) is 4.96. The van der Waals surface area contributed by atoms with E-state index in [1.54, 1.807) is 0 Å². The molecule has 19 heavy (non-hydrogen) atoms. The third-order valence-corrected chi connectivity index (χ3v) is 3.94. The lowest BCUT2D eigenvalue weighted by Gasteiger charge is -2.11. The zero-order valence-corrected chi connectivity index (χ0v) is 11.9. The zero-order valence-electron chi connectivity index (χ0n) is 11.2. The van der Waals surface area contributed by atoms with Crippen LogP contribution >= 0.6 is 11.6 Å². The Bertz CT molecular complexity index is 720. The van der Waals surface area contributed by atoms with Crippen LogP contribution in [-0.4, -0.2) is 4.57 Å². The lowest BCUT2D eigenvalue weighted by atomic mass is 10.0. The quantitative estimate of drug-likeness (QED) is 0.620. The van der Waals surface area contributed by atoms with Gasteiger partial charge in [0.15, 0.2) is 0 Å². The van der Waals surface area contributed by atoms with Crippen LogP contribution in [0.5, 0.6) is 0 Å². The maximum atomic E-state index is 6.03. The molecule has 0 N–H and O–H groups in total. The van der Waals surface area contributed by atoms with E-state index < -0.39 is 0 Å². The highest BCUT2D eigenvalue weighted by Crippen LogP contribution is 2.23. The molecule has 0 atom stereocenters. The number of aromatic nitrogens is 1. The van der Waals surface area contributed by atoms with Crippen LogP contribution in [0.4, 0.5) is 0 Å². The summed E-state index contributed by atoms with van der Waals surface area (Å²) in [5.41, 5.74) is 5.31. The molecule has 2 heteroatoms. The highest BCUT2D eigenvalue weighted by Gasteiger charge is 2.06. The van der Waals surface area contributed by atoms with Crippen LogP contribution in [0.2, 0.25) is 5.02 Å². The van der Waals surface area contributed by atoms with Crippen LogP contribution in [0.15, 0.2) is 48.7 Å². The van der Waals surface area contributed by atoms with Crippen molar-refractivity contribution < 1.29 is 0 Å². The molecule has 0 fully saturated rings. The predicted molar refractivity (Wildman–Crippen MR) is 82.0 cm³/mol. The Morgan fingerprint density at radius 3 is 2.47 bits per heavy atom. The van der Waals surface area contributed by atoms with Gasteiger partial charge in [-0.3, -0.25) is 0 Å². The van der Waals surface area contributed by atoms with Crippen molar-refractivity contribution in [3.8, 4) is 0 Å². The number of aryl methyl sites for hydroxylation is 2. The van der Waals surface area contributed by atoms with Gasteiger partial charge < -0.3 is 4.57 Å². The molecule has 2 aromatic carbocycles. The normalized spacial score (nSPS) is 11.1. The highest BCUT2D eigenvalue weighted by atomic mass is 35.5. The third kappa shape index (κ3) is 2.26. The SMILES string of the molecule is Cc1cccc(C)c1Cn1ccc2cc(Cl)ccc21. The largest absolute Gasteiger partial charge is 0.343 e. The van der Waals surface area contributed by atoms with E-state index in [9.17, 15) is 0 Å². The van der Waals surface area contributed by atoms with Gasteiger partial charge in [0.05, 0.1) is 0 Å². The molecular formula is C17H16ClN. The van der Waals surface area contributed by atoms with Gasteiger partial charge in [0, 0.05) is 28.7 Å². The summed E-state index contributed by atoms with van der Waals surface area (Å²) in [5, 5.41) is 1.98. The Morgan fingerprint density at radius 2 is 1.74 bits per heavy atom. The van der Waals surface area contributed by atoms with Gasteiger partial charge in [0.25, 0.3) is 0 Å². The lowest BCUT2D eigenvalue weighted by Crippen LogP contribution is -2.02. The number of nitrogens with zero attached hydrogens (tertiary/aromatic N) is 1. The fourth-order valence-corrected chi connectivity index (χ4v) is 2.76. The van der Waals surface area contributed by atoms with E-state index in [0.717, 1.165) is 11.6 Å². The standard InChI is InChI=1S/C17H16ClN/c1-12-4-3-5-13(2)16(12)11-19-9-8-14-10-15(18)6-7-17(14)19/h3-10H,11H2,1-2H3. The molecule has 3 rings (SSSR count). The Kier molecular flexibility index (Phi) is 3.08. The summed E-state index contributed by atoms with van der Waals surface area (Å²) in [5.74, 6) is 0. The Labute approximate surface area is 118 Å². The van der Waals surface area contributed by atoms with Crippen LogP contribution in [0.3, 0.4) is 0 Å². The zero-order chi connectivity index (χ0) is 13.4. The minimum absolute atomic E-state index is 0.789. The van der Waals surface area contributed by atoms with E-state index in [4.69, 9.17) is 11.6 Å². The van der Waals surface area contributed by atoms with Gasteiger partial charge in [0.1, 0.15) is 0 Å². The Morgan fingerprint density at radius 1 is 1.00 bits per heavy atom. The van der Waals surface area contributed by atoms with E-state index in [-0.39, 0.29) is 0 Å². The summed E-state index contributed by atoms with van der Waals surface area (Å²) in [4.78, 5) is 0. The van der Waals surface area contributed by atoms with Gasteiger partial charge in [-0.05, 0) is 54.8 Å². The topological polar surface area (TPSA) is 4.93 Å². The van der Waals surface area contributed by atoms with Crippen LogP contribution < -0.4 is 0 Å². The van der Waals surface area contributed by atoms with E-state index in [0.29, 0.717) is 0 Å². The van der Waals surface area contributed by atoms with E-state index >= 15 is 0 Å². The molecule has 3 aromatic rings. The van der Waals surface area contributed by atoms with Gasteiger partial charge in [-0.15, -0.1) is 0 Å². The fourth-order valence-electron chi connectivity index (χ4n) is 2.58. The molecule has 96 valence electrons. The molecular weight excluding hydrogens is 254 g/mol. The van der Waals surface area contributed by atoms with E-state index in [1.807, 2.05) is 12.1 Å². The van der Waals surface area contributed by atoms with Crippen molar-refractivity contribution in [2.24, 2.45) is 0 Å². The van der Waals surface area contributed by atoms with Gasteiger partial charge in [-0.2, -0.15) is 0 Å². The van der Waals surface area contributed by atoms with Gasteiger partial charge in [0.2, 0.25) is 0 Å². The first-order valence-electron chi connectivity index (χ1n) is 6.44. The van der Waals surface area contributed by atoms with Gasteiger partial charge in [-0.1, -0.05) is 29.8 Å². The second-order valence-electron chi connectivity index (χ2n) is 5.02. The number of hydrogen-bond donors (Lipinski definition) is 0. The highest BCUT2D eigenvalue weighted by molar-refractivity contribution is 6.31. The minimum Gasteiger partial charge on any atom is -0.343 e. The number of rotatable bonds is 2. The molecule has 1 heterocycles. The molecule has 0 spiro atoms. The summed E-state index contributed by atoms with van der Waals surface area (Å²) >= 11 is 6.03. The molecule has 0 aliphatic rings. The number of benzene rings is 2. The molecule has 0 saturated heterocycles. The van der Waals surface area contributed by atoms with E-state index in [1.165, 1.54) is 27.6 Å². The number of fused-ring (bicyclic) bond motifs is 1. The maximum Gasteiger partial charge on any atom is 0.0484 e. The molecule has 0 amide bonds. The van der Waals surface area contributed by atoms with Crippen molar-refractivity contribution in [3.63, 3.8) is 0 Å². The lowest BCUT2D eigenvalue weighted by molar-refractivity contribution is 0.824. The summed E-state index contributed by atoms with van der Waals surface area (Å²) in [7, 11) is 0. The van der Waals surface area contributed by atoms with Gasteiger partial charge in [-0.25, -0.2) is 0 Å². The molecule has 1 aromatic heterocycles. The number of halogens is 1. The average molecular weight is 270 g/mol. The maximum absolute atomic E-state index is 6.03. The summed E-state index contributed by atoms with van der Waals surface area (Å²) in [6.07, 6.45) is 2.13. The smallest absolute Gasteiger partial charge is 0.0484 e. The monoisotopic (exact) mass is 269 g/mol. The Balaban J connectivity index is 2.06. The molecule has 0 radical (unpaired) electrons. The van der Waals surface area contributed by atoms with Crippen LogP contribution in [0.1, 0.15) is 16.7 Å². The molecule has 0 aliphatic heterocycles. The third-order valence-electron chi connectivity index (χ3n) is 3.71. The van der Waals surface area contributed by atoms with Crippen molar-refractivity contribution >= 4 is 22.5 Å². The van der Waals surface area contributed by atoms with Crippen LogP contribution in [-0.2, 0) is 6.54 Å². The summed E-state index contributed by atoms with van der Waals surface area (Å²) < 4.78 is 2.28. The van der Waals surface area contributed by atoms with Crippen molar-refractivity contribution in [2.45, 2.75) is 20.4 Å². The second kappa shape index (κ2) is 4.75. The number of hydrogen-bond acceptors (Lipinski definition) is 0. The van der Waals surface area contributed by atoms with Crippen molar-refractivity contribution in [2.75, 3.05) is 0 Å². The van der Waals surface area contributed by atoms with Crippen LogP contribution in [0.25, 0.3) is 10.9 Å². The van der Waals surface area contributed by atoms with E-state index in [2.05, 4.69) is 54.9 Å². The molecule has 0 bridgehead atoms. The van der Waals surface area contributed by atoms with Crippen LogP contribution in [0, 0.1) is 13.8 Å². The molecule has 0 aliphatic carbocycles. The van der Waals surface area contributed by atoms with Crippen molar-refractivity contribution in [1.29, 1.82) is 0 Å². The molecule has 0 saturated carbocycles. The molecule has 0 unspecified atom stereocenters. The Hall–Kier alpha value is -1.73. The van der Waals surface area contributed by atoms with Crippen molar-refractivity contribution in [3.05, 3.63) is 70.4 Å². The first-order chi connectivity index (χ1) is 9.15. The minimum atomic E-state index is 0.789. The first-order valence-corrected chi connectivity index (χ1v) is 6.82. The second-order valence-corrected chi connectivity index (χ2v) is 5.45. The summed E-state index contributed by atoms with van der Waals surface area (Å²) in [6.45, 7) is 5.25. The van der Waals surface area contributed by atoms with Gasteiger partial charge >= 0.3 is 0 Å². The summed E-state index contributed by atoms with van der Waals surface area (Å²) in [6, 6.07) is 14.6. The molecule has 1 nitrogen and oxygen atoms in total. The average Bonchev–Trinajstić information content (AvgIpc) is 2.76. The van der Waals surface area contributed by atoms with Crippen molar-refractivity contribution in [1.82, 2.24) is 4.57 Å². The fraction of sp³-hybridized carbons (Fsp3) is 0.176.